The summed E-state index contributed by atoms with van der Waals surface area (Å²) >= 11 is 0. The molecule has 2 bridgehead atoms. The number of phenols is 1. The molecule has 1 aliphatic heterocycles. The number of amides is 1. The van der Waals surface area contributed by atoms with Crippen LogP contribution in [-0.2, 0) is 23.1 Å². The van der Waals surface area contributed by atoms with Crippen molar-refractivity contribution >= 4 is 5.91 Å². The summed E-state index contributed by atoms with van der Waals surface area (Å²) in [6.45, 7) is 5.80. The van der Waals surface area contributed by atoms with E-state index >= 15 is 0 Å². The van der Waals surface area contributed by atoms with Crippen molar-refractivity contribution in [1.82, 2.24) is 9.80 Å². The number of aryl methyl sites for hydroxylation is 2. The number of benzene rings is 3. The number of nitrogens with zero attached hydrogens (tertiary/aromatic N) is 2. The summed E-state index contributed by atoms with van der Waals surface area (Å²) in [7, 11) is 3.42. The zero-order valence-corrected chi connectivity index (χ0v) is 25.7. The van der Waals surface area contributed by atoms with Crippen molar-refractivity contribution in [2.75, 3.05) is 27.2 Å². The topological polar surface area (TPSA) is 73.2 Å². The molecule has 3 aromatic rings. The van der Waals surface area contributed by atoms with Gasteiger partial charge in [0, 0.05) is 48.1 Å². The summed E-state index contributed by atoms with van der Waals surface area (Å²) in [6, 6.07) is 20.0. The monoisotopic (exact) mass is 578 g/mol. The first kappa shape index (κ1) is 29.3. The predicted octanol–water partition coefficient (Wildman–Crippen LogP) is 4.92. The van der Waals surface area contributed by atoms with E-state index in [1.165, 1.54) is 11.1 Å². The molecule has 1 saturated carbocycles. The Hall–Kier alpha value is -3.79. The van der Waals surface area contributed by atoms with Gasteiger partial charge in [-0.1, -0.05) is 48.4 Å². The number of rotatable bonds is 5. The summed E-state index contributed by atoms with van der Waals surface area (Å²) in [5.41, 5.74) is 4.83. The number of carbonyl (C=O) groups excluding carboxylic acids is 1. The lowest BCUT2D eigenvalue weighted by Crippen LogP contribution is -2.74. The van der Waals surface area contributed by atoms with Gasteiger partial charge >= 0.3 is 0 Å². The number of aromatic hydroxyl groups is 1. The molecular formula is C37H42N2O4. The Bertz CT molecular complexity index is 1590. The van der Waals surface area contributed by atoms with Crippen molar-refractivity contribution in [3.05, 3.63) is 94.0 Å². The van der Waals surface area contributed by atoms with Crippen LogP contribution in [0.3, 0.4) is 0 Å². The fourth-order valence-corrected chi connectivity index (χ4v) is 8.08. The van der Waals surface area contributed by atoms with Crippen LogP contribution in [0, 0.1) is 25.7 Å². The van der Waals surface area contributed by atoms with E-state index in [1.807, 2.05) is 44.3 Å². The molecule has 0 aromatic heterocycles. The zero-order chi connectivity index (χ0) is 30.4. The second-order valence-corrected chi connectivity index (χ2v) is 12.8. The van der Waals surface area contributed by atoms with E-state index in [-0.39, 0.29) is 23.7 Å². The summed E-state index contributed by atoms with van der Waals surface area (Å²) in [4.78, 5) is 17.6. The number of likely N-dealkylation sites (tertiary alicyclic amines) is 1. The highest BCUT2D eigenvalue weighted by atomic mass is 16.5. The van der Waals surface area contributed by atoms with Crippen LogP contribution in [0.5, 0.6) is 11.5 Å². The average molecular weight is 579 g/mol. The highest BCUT2D eigenvalue weighted by molar-refractivity contribution is 5.94. The Labute approximate surface area is 255 Å². The lowest BCUT2D eigenvalue weighted by Gasteiger charge is -2.65. The quantitative estimate of drug-likeness (QED) is 0.421. The molecule has 3 aliphatic rings. The molecule has 43 heavy (non-hydrogen) atoms. The number of hydrogen-bond acceptors (Lipinski definition) is 5. The highest BCUT2D eigenvalue weighted by Crippen LogP contribution is 2.61. The first-order valence-electron chi connectivity index (χ1n) is 15.4. The van der Waals surface area contributed by atoms with Crippen molar-refractivity contribution < 1.29 is 19.7 Å². The van der Waals surface area contributed by atoms with Crippen LogP contribution in [0.15, 0.2) is 60.7 Å². The van der Waals surface area contributed by atoms with Gasteiger partial charge in [0.05, 0.1) is 12.7 Å². The molecule has 0 radical (unpaired) electrons. The van der Waals surface area contributed by atoms with Crippen LogP contribution in [0.4, 0.5) is 0 Å². The smallest absolute Gasteiger partial charge is 0.298 e. The van der Waals surface area contributed by atoms with E-state index in [0.717, 1.165) is 41.8 Å². The number of ether oxygens (including phenoxy) is 1. The molecule has 6 nitrogen and oxygen atoms in total. The summed E-state index contributed by atoms with van der Waals surface area (Å²) in [5, 5.41) is 23.7. The van der Waals surface area contributed by atoms with Gasteiger partial charge in [0.25, 0.3) is 5.91 Å². The van der Waals surface area contributed by atoms with E-state index in [1.54, 1.807) is 18.1 Å². The number of fused-ring (bicyclic) bond motifs is 1. The summed E-state index contributed by atoms with van der Waals surface area (Å²) < 4.78 is 5.83. The molecule has 2 aliphatic carbocycles. The molecule has 1 saturated heterocycles. The number of piperidine rings is 1. The average Bonchev–Trinajstić information content (AvgIpc) is 3.01. The predicted molar refractivity (Wildman–Crippen MR) is 168 cm³/mol. The minimum atomic E-state index is -1.01. The molecule has 6 rings (SSSR count). The fourth-order valence-electron chi connectivity index (χ4n) is 8.08. The molecule has 6 heteroatoms. The third-order valence-corrected chi connectivity index (χ3v) is 10.6. The molecule has 1 amide bonds. The molecule has 2 fully saturated rings. The minimum Gasteiger partial charge on any atom is -0.504 e. The first-order chi connectivity index (χ1) is 20.7. The Kier molecular flexibility index (Phi) is 7.75. The lowest BCUT2D eigenvalue weighted by molar-refractivity contribution is -0.177. The van der Waals surface area contributed by atoms with E-state index in [2.05, 4.69) is 47.9 Å². The third-order valence-electron chi connectivity index (χ3n) is 10.6. The molecule has 2 N–H and O–H groups in total. The SMILES string of the molecule is COc1c(O)ccc2c1[C@]13CCN(CCc4ccccc4)[C@H](C2)[C@]1(O)CC[C@H](N(C)C(=O)C#Cc1ccc(C)c(C)c1)C3. The van der Waals surface area contributed by atoms with Crippen LogP contribution in [0.25, 0.3) is 0 Å². The zero-order valence-electron chi connectivity index (χ0n) is 25.7. The van der Waals surface area contributed by atoms with Gasteiger partial charge in [0.1, 0.15) is 0 Å². The molecule has 224 valence electrons. The molecular weight excluding hydrogens is 536 g/mol. The van der Waals surface area contributed by atoms with Crippen molar-refractivity contribution in [2.45, 2.75) is 75.5 Å². The first-order valence-corrected chi connectivity index (χ1v) is 15.4. The van der Waals surface area contributed by atoms with Gasteiger partial charge in [-0.15, -0.1) is 0 Å². The van der Waals surface area contributed by atoms with Crippen LogP contribution in [0.1, 0.15) is 59.1 Å². The molecule has 0 spiro atoms. The van der Waals surface area contributed by atoms with E-state index in [0.29, 0.717) is 37.9 Å². The van der Waals surface area contributed by atoms with Crippen molar-refractivity contribution in [1.29, 1.82) is 0 Å². The number of phenolic OH excluding ortho intramolecular Hbond substituents is 1. The van der Waals surface area contributed by atoms with Crippen molar-refractivity contribution in [3.63, 3.8) is 0 Å². The second-order valence-electron chi connectivity index (χ2n) is 12.8. The molecule has 1 heterocycles. The Morgan fingerprint density at radius 1 is 1.09 bits per heavy atom. The number of methoxy groups -OCH3 is 1. The van der Waals surface area contributed by atoms with E-state index in [9.17, 15) is 15.0 Å². The van der Waals surface area contributed by atoms with Gasteiger partial charge in [-0.2, -0.15) is 0 Å². The Morgan fingerprint density at radius 3 is 2.63 bits per heavy atom. The number of hydrogen-bond donors (Lipinski definition) is 2. The van der Waals surface area contributed by atoms with Gasteiger partial charge in [-0.3, -0.25) is 9.69 Å². The van der Waals surface area contributed by atoms with Crippen LogP contribution < -0.4 is 4.74 Å². The van der Waals surface area contributed by atoms with Gasteiger partial charge in [-0.05, 0) is 99.4 Å². The van der Waals surface area contributed by atoms with Crippen LogP contribution >= 0.6 is 0 Å². The van der Waals surface area contributed by atoms with Crippen LogP contribution in [0.2, 0.25) is 0 Å². The fraction of sp³-hybridized carbons (Fsp3) is 0.432. The normalized spacial score (nSPS) is 26.0. The summed E-state index contributed by atoms with van der Waals surface area (Å²) in [6.07, 6.45) is 4.17. The summed E-state index contributed by atoms with van der Waals surface area (Å²) in [5.74, 6) is 6.26. The maximum absolute atomic E-state index is 13.4. The molecule has 4 atom stereocenters. The third kappa shape index (κ3) is 4.99. The van der Waals surface area contributed by atoms with Crippen LogP contribution in [-0.4, -0.2) is 70.9 Å². The molecule has 0 unspecified atom stereocenters. The maximum Gasteiger partial charge on any atom is 0.298 e. The minimum absolute atomic E-state index is 0.0572. The van der Waals surface area contributed by atoms with Gasteiger partial charge < -0.3 is 19.8 Å². The van der Waals surface area contributed by atoms with E-state index < -0.39 is 11.0 Å². The van der Waals surface area contributed by atoms with Gasteiger partial charge in [0.15, 0.2) is 11.5 Å². The Balaban J connectivity index is 1.32. The van der Waals surface area contributed by atoms with E-state index in [4.69, 9.17) is 4.74 Å². The Morgan fingerprint density at radius 2 is 1.88 bits per heavy atom. The maximum atomic E-state index is 13.4. The van der Waals surface area contributed by atoms with Crippen molar-refractivity contribution in [2.24, 2.45) is 0 Å². The van der Waals surface area contributed by atoms with Gasteiger partial charge in [0.2, 0.25) is 0 Å². The second kappa shape index (κ2) is 11.4. The van der Waals surface area contributed by atoms with Gasteiger partial charge in [-0.25, -0.2) is 0 Å². The largest absolute Gasteiger partial charge is 0.504 e. The lowest BCUT2D eigenvalue weighted by atomic mass is 9.48. The number of aliphatic hydroxyl groups is 1. The number of carbonyl (C=O) groups is 1. The van der Waals surface area contributed by atoms with Crippen molar-refractivity contribution in [3.8, 4) is 23.3 Å². The standard InChI is InChI=1S/C37H42N2O4/c1-25-10-11-28(22-26(25)2)12-15-33(41)38(3)30-16-18-37(42)32-23-29-13-14-31(40)35(43-4)34(29)36(37,24-30)19-21-39(32)20-17-27-8-6-5-7-9-27/h5-11,13-14,22,30,32,40,42H,16-21,23-24H2,1-4H3/t30-,32+,36+,37+/m0/s1. The highest BCUT2D eigenvalue weighted by Gasteiger charge is 2.66. The molecule has 3 aromatic carbocycles.